The predicted molar refractivity (Wildman–Crippen MR) is 146 cm³/mol. The van der Waals surface area contributed by atoms with Crippen LogP contribution >= 0.6 is 0 Å². The quantitative estimate of drug-likeness (QED) is 0.308. The Morgan fingerprint density at radius 1 is 1.03 bits per heavy atom. The highest BCUT2D eigenvalue weighted by Gasteiger charge is 2.29. The largest absolute Gasteiger partial charge is 0.490 e. The van der Waals surface area contributed by atoms with Crippen LogP contribution in [0.5, 0.6) is 11.5 Å². The number of nitrogens with one attached hydrogen (secondary N) is 1. The van der Waals surface area contributed by atoms with Gasteiger partial charge in [-0.1, -0.05) is 0 Å². The molecular weight excluding hydrogens is 509 g/mol. The molecule has 0 atom stereocenters. The van der Waals surface area contributed by atoms with Crippen LogP contribution in [-0.2, 0) is 0 Å². The Bertz CT molecular complexity index is 1250. The van der Waals surface area contributed by atoms with Gasteiger partial charge in [-0.25, -0.2) is 4.98 Å². The maximum Gasteiger partial charge on any atom is 0.422 e. The standard InChI is InChI=1S/C29H37F3N4O3/c1-20-6-7-26(39-20)25-17-23(33-21-8-13-35(2)14-9-21)22-16-27(38-19-29(30,31)32)28(18-24(22)34-25)37-15-5-12-36-10-3-4-11-36/h6-7,16-18,21H,3-5,8-15,19H2,1-2H3,(H,33,34). The van der Waals surface area contributed by atoms with Gasteiger partial charge < -0.3 is 29.0 Å². The number of piperidine rings is 1. The molecule has 39 heavy (non-hydrogen) atoms. The summed E-state index contributed by atoms with van der Waals surface area (Å²) in [5.74, 6) is 1.73. The minimum atomic E-state index is -4.46. The van der Waals surface area contributed by atoms with Crippen molar-refractivity contribution in [2.45, 2.75) is 51.2 Å². The third kappa shape index (κ3) is 7.36. The number of fused-ring (bicyclic) bond motifs is 1. The number of aryl methyl sites for hydroxylation is 1. The molecule has 1 N–H and O–H groups in total. The van der Waals surface area contributed by atoms with Crippen LogP contribution in [0, 0.1) is 6.92 Å². The van der Waals surface area contributed by atoms with Crippen LogP contribution in [0.15, 0.2) is 34.7 Å². The van der Waals surface area contributed by atoms with Crippen molar-refractivity contribution in [2.24, 2.45) is 0 Å². The number of pyridine rings is 1. The highest BCUT2D eigenvalue weighted by molar-refractivity contribution is 5.95. The van der Waals surface area contributed by atoms with Crippen molar-refractivity contribution in [2.75, 3.05) is 58.3 Å². The first-order valence-corrected chi connectivity index (χ1v) is 13.8. The van der Waals surface area contributed by atoms with E-state index in [2.05, 4.69) is 22.2 Å². The molecule has 5 rings (SSSR count). The average molecular weight is 547 g/mol. The Morgan fingerprint density at radius 3 is 2.46 bits per heavy atom. The second-order valence-corrected chi connectivity index (χ2v) is 10.7. The molecule has 2 saturated heterocycles. The van der Waals surface area contributed by atoms with Crippen LogP contribution in [0.3, 0.4) is 0 Å². The Kier molecular flexibility index (Phi) is 8.52. The first-order chi connectivity index (χ1) is 18.7. The molecule has 0 aliphatic carbocycles. The van der Waals surface area contributed by atoms with Gasteiger partial charge in [-0.15, -0.1) is 0 Å². The molecule has 2 aromatic heterocycles. The molecule has 212 valence electrons. The molecule has 0 saturated carbocycles. The molecule has 4 heterocycles. The summed E-state index contributed by atoms with van der Waals surface area (Å²) >= 11 is 0. The van der Waals surface area contributed by atoms with Gasteiger partial charge in [0.25, 0.3) is 0 Å². The number of benzene rings is 1. The molecule has 0 unspecified atom stereocenters. The number of hydrogen-bond acceptors (Lipinski definition) is 7. The lowest BCUT2D eigenvalue weighted by Gasteiger charge is -2.30. The van der Waals surface area contributed by atoms with Crippen molar-refractivity contribution >= 4 is 16.6 Å². The van der Waals surface area contributed by atoms with Gasteiger partial charge in [0.2, 0.25) is 0 Å². The fourth-order valence-electron chi connectivity index (χ4n) is 5.29. The van der Waals surface area contributed by atoms with Crippen molar-refractivity contribution in [3.8, 4) is 23.0 Å². The van der Waals surface area contributed by atoms with E-state index in [1.807, 2.05) is 25.1 Å². The van der Waals surface area contributed by atoms with E-state index < -0.39 is 12.8 Å². The normalized spacial score (nSPS) is 17.7. The Hall–Kier alpha value is -2.98. The van der Waals surface area contributed by atoms with Crippen LogP contribution in [0.25, 0.3) is 22.4 Å². The smallest absolute Gasteiger partial charge is 0.422 e. The summed E-state index contributed by atoms with van der Waals surface area (Å²) in [5.41, 5.74) is 2.04. The van der Waals surface area contributed by atoms with E-state index in [1.54, 1.807) is 12.1 Å². The third-order valence-corrected chi connectivity index (χ3v) is 7.41. The Balaban J connectivity index is 1.47. The fraction of sp³-hybridized carbons (Fsp3) is 0.552. The van der Waals surface area contributed by atoms with E-state index in [-0.39, 0.29) is 17.5 Å². The predicted octanol–water partition coefficient (Wildman–Crippen LogP) is 6.12. The molecule has 10 heteroatoms. The lowest BCUT2D eigenvalue weighted by molar-refractivity contribution is -0.153. The van der Waals surface area contributed by atoms with E-state index >= 15 is 0 Å². The summed E-state index contributed by atoms with van der Waals surface area (Å²) in [7, 11) is 2.10. The van der Waals surface area contributed by atoms with E-state index in [0.717, 1.165) is 63.4 Å². The number of alkyl halides is 3. The molecule has 2 fully saturated rings. The van der Waals surface area contributed by atoms with E-state index in [4.69, 9.17) is 18.9 Å². The maximum absolute atomic E-state index is 13.1. The highest BCUT2D eigenvalue weighted by Crippen LogP contribution is 2.38. The molecule has 2 aliphatic rings. The summed E-state index contributed by atoms with van der Waals surface area (Å²) in [4.78, 5) is 9.49. The SMILES string of the molecule is Cc1ccc(-c2cc(NC3CCN(C)CC3)c3cc(OCC(F)(F)F)c(OCCCN4CCCC4)cc3n2)o1. The number of anilines is 1. The number of rotatable bonds is 10. The van der Waals surface area contributed by atoms with Crippen molar-refractivity contribution in [1.29, 1.82) is 0 Å². The van der Waals surface area contributed by atoms with E-state index in [0.29, 0.717) is 29.0 Å². The molecular formula is C29H37F3N4O3. The zero-order chi connectivity index (χ0) is 27.4. The van der Waals surface area contributed by atoms with Crippen LogP contribution in [0.4, 0.5) is 18.9 Å². The Labute approximate surface area is 227 Å². The van der Waals surface area contributed by atoms with E-state index in [9.17, 15) is 13.2 Å². The highest BCUT2D eigenvalue weighted by atomic mass is 19.4. The van der Waals surface area contributed by atoms with E-state index in [1.165, 1.54) is 12.8 Å². The number of furan rings is 1. The minimum absolute atomic E-state index is 0.0656. The second-order valence-electron chi connectivity index (χ2n) is 10.7. The van der Waals surface area contributed by atoms with Crippen LogP contribution < -0.4 is 14.8 Å². The number of aromatic nitrogens is 1. The molecule has 1 aromatic carbocycles. The summed E-state index contributed by atoms with van der Waals surface area (Å²) in [5, 5.41) is 4.31. The van der Waals surface area contributed by atoms with Gasteiger partial charge in [0, 0.05) is 29.7 Å². The summed E-state index contributed by atoms with van der Waals surface area (Å²) in [6.07, 6.45) is 0.654. The van der Waals surface area contributed by atoms with Gasteiger partial charge in [-0.3, -0.25) is 0 Å². The topological polar surface area (TPSA) is 63.0 Å². The van der Waals surface area contributed by atoms with Gasteiger partial charge in [0.05, 0.1) is 12.1 Å². The average Bonchev–Trinajstić information content (AvgIpc) is 3.58. The van der Waals surface area contributed by atoms with Crippen LogP contribution in [-0.4, -0.2) is 80.0 Å². The molecule has 3 aromatic rings. The van der Waals surface area contributed by atoms with Crippen molar-refractivity contribution in [3.05, 3.63) is 36.1 Å². The van der Waals surface area contributed by atoms with Crippen molar-refractivity contribution in [3.63, 3.8) is 0 Å². The monoisotopic (exact) mass is 546 g/mol. The van der Waals surface area contributed by atoms with Crippen LogP contribution in [0.1, 0.15) is 37.9 Å². The third-order valence-electron chi connectivity index (χ3n) is 7.41. The van der Waals surface area contributed by atoms with Gasteiger partial charge in [0.1, 0.15) is 11.5 Å². The van der Waals surface area contributed by atoms with Gasteiger partial charge >= 0.3 is 6.18 Å². The maximum atomic E-state index is 13.1. The van der Waals surface area contributed by atoms with Gasteiger partial charge in [-0.2, -0.15) is 13.2 Å². The zero-order valence-corrected chi connectivity index (χ0v) is 22.6. The molecule has 0 amide bonds. The van der Waals surface area contributed by atoms with Gasteiger partial charge in [0.15, 0.2) is 23.9 Å². The molecule has 2 aliphatic heterocycles. The fourth-order valence-corrected chi connectivity index (χ4v) is 5.29. The Morgan fingerprint density at radius 2 is 1.77 bits per heavy atom. The number of likely N-dealkylation sites (tertiary alicyclic amines) is 2. The van der Waals surface area contributed by atoms with Crippen molar-refractivity contribution in [1.82, 2.24) is 14.8 Å². The lowest BCUT2D eigenvalue weighted by atomic mass is 10.0. The van der Waals surface area contributed by atoms with Crippen molar-refractivity contribution < 1.29 is 27.1 Å². The molecule has 0 spiro atoms. The lowest BCUT2D eigenvalue weighted by Crippen LogP contribution is -2.36. The second kappa shape index (κ2) is 12.0. The number of halogens is 3. The number of nitrogens with zero attached hydrogens (tertiary/aromatic N) is 3. The zero-order valence-electron chi connectivity index (χ0n) is 22.6. The molecule has 7 nitrogen and oxygen atoms in total. The van der Waals surface area contributed by atoms with Crippen LogP contribution in [0.2, 0.25) is 0 Å². The van der Waals surface area contributed by atoms with Gasteiger partial charge in [-0.05, 0) is 96.5 Å². The molecule has 0 bridgehead atoms. The summed E-state index contributed by atoms with van der Waals surface area (Å²) in [6, 6.07) is 9.21. The summed E-state index contributed by atoms with van der Waals surface area (Å²) in [6.45, 7) is 5.88. The first-order valence-electron chi connectivity index (χ1n) is 13.8. The molecule has 0 radical (unpaired) electrons. The number of hydrogen-bond donors (Lipinski definition) is 1. The number of ether oxygens (including phenoxy) is 2. The first kappa shape index (κ1) is 27.6. The summed E-state index contributed by atoms with van der Waals surface area (Å²) < 4.78 is 56.5. The minimum Gasteiger partial charge on any atom is -0.490 e.